The number of hydrogen-bond acceptors (Lipinski definition) is 3. The van der Waals surface area contributed by atoms with Gasteiger partial charge >= 0.3 is 0 Å². The standard InChI is InChI=1S/C24H34N2O2/c1-6-7-8-12-20-15-16-21(14-13-19(4)11-9-10-18(2)3)23(27)22(20)24(28)26(5)17-25/h10,13,15-16,27H,6-9,11-12,14H2,1-5H3/b19-13+. The zero-order valence-corrected chi connectivity index (χ0v) is 18.0. The molecule has 4 heteroatoms. The van der Waals surface area contributed by atoms with E-state index in [1.165, 1.54) is 18.2 Å². The van der Waals surface area contributed by atoms with Crippen LogP contribution in [0.25, 0.3) is 0 Å². The van der Waals surface area contributed by atoms with Crippen molar-refractivity contribution in [3.8, 4) is 11.9 Å². The number of nitriles is 1. The van der Waals surface area contributed by atoms with Crippen molar-refractivity contribution in [3.05, 3.63) is 52.1 Å². The molecular formula is C24H34N2O2. The van der Waals surface area contributed by atoms with Gasteiger partial charge in [0, 0.05) is 7.05 Å². The van der Waals surface area contributed by atoms with Gasteiger partial charge in [-0.2, -0.15) is 5.26 Å². The van der Waals surface area contributed by atoms with Gasteiger partial charge in [0.05, 0.1) is 5.56 Å². The molecule has 0 aliphatic rings. The first-order chi connectivity index (χ1) is 13.3. The predicted octanol–water partition coefficient (Wildman–Crippen LogP) is 5.91. The number of benzene rings is 1. The average Bonchev–Trinajstić information content (AvgIpc) is 2.66. The van der Waals surface area contributed by atoms with Crippen LogP contribution in [0.5, 0.6) is 5.75 Å². The zero-order valence-electron chi connectivity index (χ0n) is 18.0. The van der Waals surface area contributed by atoms with Crippen molar-refractivity contribution in [1.29, 1.82) is 5.26 Å². The first kappa shape index (κ1) is 23.5. The lowest BCUT2D eigenvalue weighted by molar-refractivity contribution is 0.0854. The van der Waals surface area contributed by atoms with Gasteiger partial charge in [0.15, 0.2) is 6.19 Å². The van der Waals surface area contributed by atoms with Gasteiger partial charge in [-0.3, -0.25) is 4.79 Å². The van der Waals surface area contributed by atoms with Crippen molar-refractivity contribution >= 4 is 5.91 Å². The predicted molar refractivity (Wildman–Crippen MR) is 115 cm³/mol. The number of aromatic hydroxyl groups is 1. The van der Waals surface area contributed by atoms with Crippen LogP contribution in [0.3, 0.4) is 0 Å². The number of phenolic OH excluding ortho intramolecular Hbond substituents is 1. The van der Waals surface area contributed by atoms with Crippen LogP contribution in [-0.2, 0) is 12.8 Å². The summed E-state index contributed by atoms with van der Waals surface area (Å²) in [6.07, 6.45) is 12.5. The summed E-state index contributed by atoms with van der Waals surface area (Å²) in [6.45, 7) is 8.40. The number of carbonyl (C=O) groups excluding carboxylic acids is 1. The molecule has 0 fully saturated rings. The molecule has 28 heavy (non-hydrogen) atoms. The van der Waals surface area contributed by atoms with Gasteiger partial charge in [0.1, 0.15) is 5.75 Å². The van der Waals surface area contributed by atoms with Crippen LogP contribution in [0.4, 0.5) is 0 Å². The Morgan fingerprint density at radius 2 is 1.86 bits per heavy atom. The third-order valence-electron chi connectivity index (χ3n) is 4.83. The fourth-order valence-electron chi connectivity index (χ4n) is 3.04. The molecule has 0 heterocycles. The molecular weight excluding hydrogens is 348 g/mol. The van der Waals surface area contributed by atoms with Gasteiger partial charge < -0.3 is 5.11 Å². The van der Waals surface area contributed by atoms with Crippen molar-refractivity contribution in [3.63, 3.8) is 0 Å². The normalized spacial score (nSPS) is 11.1. The van der Waals surface area contributed by atoms with E-state index >= 15 is 0 Å². The second-order valence-corrected chi connectivity index (χ2v) is 7.60. The monoisotopic (exact) mass is 382 g/mol. The molecule has 1 N–H and O–H groups in total. The molecule has 0 spiro atoms. The summed E-state index contributed by atoms with van der Waals surface area (Å²) in [7, 11) is 1.43. The third-order valence-corrected chi connectivity index (χ3v) is 4.83. The summed E-state index contributed by atoms with van der Waals surface area (Å²) in [5.41, 5.74) is 4.37. The Hall–Kier alpha value is -2.54. The lowest BCUT2D eigenvalue weighted by Crippen LogP contribution is -2.23. The fraction of sp³-hybridized carbons (Fsp3) is 0.500. The minimum Gasteiger partial charge on any atom is -0.507 e. The molecule has 0 unspecified atom stereocenters. The number of amides is 1. The largest absolute Gasteiger partial charge is 0.507 e. The summed E-state index contributed by atoms with van der Waals surface area (Å²) < 4.78 is 0. The molecule has 0 aromatic heterocycles. The van der Waals surface area contributed by atoms with E-state index in [4.69, 9.17) is 5.26 Å². The maximum absolute atomic E-state index is 12.7. The number of hydrogen-bond donors (Lipinski definition) is 1. The third kappa shape index (κ3) is 7.23. The second kappa shape index (κ2) is 12.0. The highest BCUT2D eigenvalue weighted by molar-refractivity contribution is 5.99. The Labute approximate surface area is 170 Å². The van der Waals surface area contributed by atoms with Crippen LogP contribution in [0.1, 0.15) is 81.3 Å². The molecule has 0 atom stereocenters. The average molecular weight is 383 g/mol. The Morgan fingerprint density at radius 3 is 2.46 bits per heavy atom. The van der Waals surface area contributed by atoms with Crippen LogP contribution >= 0.6 is 0 Å². The molecule has 0 aliphatic heterocycles. The van der Waals surface area contributed by atoms with E-state index in [1.807, 2.05) is 18.3 Å². The van der Waals surface area contributed by atoms with Gasteiger partial charge in [-0.25, -0.2) is 4.90 Å². The molecule has 0 radical (unpaired) electrons. The summed E-state index contributed by atoms with van der Waals surface area (Å²) in [5.74, 6) is -0.438. The van der Waals surface area contributed by atoms with Gasteiger partial charge in [-0.1, -0.05) is 55.2 Å². The van der Waals surface area contributed by atoms with Crippen LogP contribution in [0.15, 0.2) is 35.4 Å². The number of phenols is 1. The van der Waals surface area contributed by atoms with Crippen molar-refractivity contribution in [2.45, 2.75) is 72.6 Å². The van der Waals surface area contributed by atoms with Gasteiger partial charge in [-0.15, -0.1) is 0 Å². The number of carbonyl (C=O) groups is 1. The summed E-state index contributed by atoms with van der Waals surface area (Å²) in [5, 5.41) is 19.9. The van der Waals surface area contributed by atoms with Crippen LogP contribution < -0.4 is 0 Å². The van der Waals surface area contributed by atoms with E-state index in [9.17, 15) is 9.90 Å². The Bertz CT molecular complexity index is 766. The first-order valence-electron chi connectivity index (χ1n) is 10.1. The maximum Gasteiger partial charge on any atom is 0.270 e. The van der Waals surface area contributed by atoms with Crippen LogP contribution in [-0.4, -0.2) is 23.0 Å². The van der Waals surface area contributed by atoms with E-state index in [0.717, 1.165) is 54.6 Å². The van der Waals surface area contributed by atoms with E-state index in [0.29, 0.717) is 6.42 Å². The summed E-state index contributed by atoms with van der Waals surface area (Å²) in [6, 6.07) is 3.83. The highest BCUT2D eigenvalue weighted by Gasteiger charge is 2.22. The van der Waals surface area contributed by atoms with E-state index in [-0.39, 0.29) is 11.3 Å². The molecule has 0 saturated heterocycles. The molecule has 1 rings (SSSR count). The highest BCUT2D eigenvalue weighted by atomic mass is 16.3. The lowest BCUT2D eigenvalue weighted by Gasteiger charge is -2.16. The Balaban J connectivity index is 3.09. The minimum absolute atomic E-state index is 0.00875. The molecule has 152 valence electrons. The smallest absolute Gasteiger partial charge is 0.270 e. The van der Waals surface area contributed by atoms with Crippen LogP contribution in [0, 0.1) is 11.5 Å². The topological polar surface area (TPSA) is 64.3 Å². The van der Waals surface area contributed by atoms with E-state index < -0.39 is 5.91 Å². The van der Waals surface area contributed by atoms with E-state index in [1.54, 1.807) is 0 Å². The molecule has 1 aromatic carbocycles. The van der Waals surface area contributed by atoms with Crippen LogP contribution in [0.2, 0.25) is 0 Å². The van der Waals surface area contributed by atoms with Crippen molar-refractivity contribution in [2.75, 3.05) is 7.05 Å². The second-order valence-electron chi connectivity index (χ2n) is 7.60. The van der Waals surface area contributed by atoms with Gasteiger partial charge in [-0.05, 0) is 64.0 Å². The maximum atomic E-state index is 12.7. The van der Waals surface area contributed by atoms with Gasteiger partial charge in [0.2, 0.25) is 0 Å². The fourth-order valence-corrected chi connectivity index (χ4v) is 3.04. The molecule has 0 saturated carbocycles. The quantitative estimate of drug-likeness (QED) is 0.237. The Morgan fingerprint density at radius 1 is 1.18 bits per heavy atom. The minimum atomic E-state index is -0.447. The Kier molecular flexibility index (Phi) is 10.1. The molecule has 0 bridgehead atoms. The number of unbranched alkanes of at least 4 members (excludes halogenated alkanes) is 2. The molecule has 0 aliphatic carbocycles. The molecule has 4 nitrogen and oxygen atoms in total. The van der Waals surface area contributed by atoms with Crippen molar-refractivity contribution in [1.82, 2.24) is 4.90 Å². The van der Waals surface area contributed by atoms with Crippen molar-refractivity contribution in [2.24, 2.45) is 0 Å². The number of aryl methyl sites for hydroxylation is 1. The number of rotatable bonds is 10. The highest BCUT2D eigenvalue weighted by Crippen LogP contribution is 2.29. The summed E-state index contributed by atoms with van der Waals surface area (Å²) in [4.78, 5) is 13.6. The van der Waals surface area contributed by atoms with Gasteiger partial charge in [0.25, 0.3) is 5.91 Å². The molecule has 1 amide bonds. The lowest BCUT2D eigenvalue weighted by atomic mass is 9.95. The van der Waals surface area contributed by atoms with E-state index in [2.05, 4.69) is 39.8 Å². The number of nitrogens with zero attached hydrogens (tertiary/aromatic N) is 2. The molecule has 1 aromatic rings. The zero-order chi connectivity index (χ0) is 21.1. The number of allylic oxidation sites excluding steroid dienone is 4. The SMILES string of the molecule is CCCCCc1ccc(C/C=C(\C)CCC=C(C)C)c(O)c1C(=O)N(C)C#N. The first-order valence-corrected chi connectivity index (χ1v) is 10.1. The summed E-state index contributed by atoms with van der Waals surface area (Å²) >= 11 is 0. The van der Waals surface area contributed by atoms with Crippen molar-refractivity contribution < 1.29 is 9.90 Å².